The molecule has 1 amide bonds. The van der Waals surface area contributed by atoms with Crippen molar-refractivity contribution in [2.75, 3.05) is 32.0 Å². The molecule has 2 heterocycles. The first-order valence-corrected chi connectivity index (χ1v) is 6.89. The van der Waals surface area contributed by atoms with Crippen LogP contribution in [-0.2, 0) is 4.74 Å². The highest BCUT2D eigenvalue weighted by Crippen LogP contribution is 2.18. The van der Waals surface area contributed by atoms with E-state index in [1.54, 1.807) is 29.2 Å². The molecule has 0 atom stereocenters. The van der Waals surface area contributed by atoms with E-state index in [1.165, 1.54) is 4.68 Å². The smallest absolute Gasteiger partial charge is 0.278 e. The summed E-state index contributed by atoms with van der Waals surface area (Å²) in [7, 11) is 0. The van der Waals surface area contributed by atoms with Gasteiger partial charge in [-0.1, -0.05) is 16.8 Å². The molecule has 0 aliphatic carbocycles. The van der Waals surface area contributed by atoms with Gasteiger partial charge in [0.05, 0.1) is 18.9 Å². The van der Waals surface area contributed by atoms with E-state index in [1.807, 2.05) is 0 Å². The minimum atomic E-state index is -0.226. The second-order valence-corrected chi connectivity index (χ2v) is 5.05. The van der Waals surface area contributed by atoms with E-state index < -0.39 is 0 Å². The third-order valence-electron chi connectivity index (χ3n) is 3.28. The van der Waals surface area contributed by atoms with Gasteiger partial charge in [0.2, 0.25) is 0 Å². The van der Waals surface area contributed by atoms with Crippen molar-refractivity contribution < 1.29 is 9.53 Å². The first-order chi connectivity index (χ1) is 10.2. The molecule has 8 heteroatoms. The number of amides is 1. The molecule has 1 aliphatic heterocycles. The standard InChI is InChI=1S/C13H14ClN5O2/c14-9-1-3-10(4-2-9)19-12(15)11(16-17-19)13(20)18-5-7-21-8-6-18/h1-4H,5-8,15H2. The van der Waals surface area contributed by atoms with Gasteiger partial charge in [-0.25, -0.2) is 0 Å². The number of nitrogens with two attached hydrogens (primary N) is 1. The van der Waals surface area contributed by atoms with Crippen LogP contribution in [0.25, 0.3) is 5.69 Å². The van der Waals surface area contributed by atoms with Crippen LogP contribution in [0.5, 0.6) is 0 Å². The summed E-state index contributed by atoms with van der Waals surface area (Å²) < 4.78 is 6.64. The van der Waals surface area contributed by atoms with Crippen molar-refractivity contribution in [3.63, 3.8) is 0 Å². The van der Waals surface area contributed by atoms with Crippen LogP contribution in [0.15, 0.2) is 24.3 Å². The lowest BCUT2D eigenvalue weighted by atomic mass is 10.3. The van der Waals surface area contributed by atoms with Crippen LogP contribution >= 0.6 is 11.6 Å². The Morgan fingerprint density at radius 1 is 1.24 bits per heavy atom. The Morgan fingerprint density at radius 2 is 1.90 bits per heavy atom. The quantitative estimate of drug-likeness (QED) is 0.893. The Labute approximate surface area is 126 Å². The van der Waals surface area contributed by atoms with E-state index in [2.05, 4.69) is 10.3 Å². The van der Waals surface area contributed by atoms with Crippen LogP contribution in [-0.4, -0.2) is 52.1 Å². The Morgan fingerprint density at radius 3 is 2.57 bits per heavy atom. The molecule has 0 spiro atoms. The molecule has 0 radical (unpaired) electrons. The van der Waals surface area contributed by atoms with Crippen molar-refractivity contribution in [2.45, 2.75) is 0 Å². The lowest BCUT2D eigenvalue weighted by molar-refractivity contribution is 0.0299. The number of nitrogen functional groups attached to an aromatic ring is 1. The molecule has 2 N–H and O–H groups in total. The molecule has 1 aromatic carbocycles. The molecule has 7 nitrogen and oxygen atoms in total. The number of morpholine rings is 1. The molecule has 1 aromatic heterocycles. The zero-order valence-corrected chi connectivity index (χ0v) is 12.0. The topological polar surface area (TPSA) is 86.3 Å². The molecule has 1 saturated heterocycles. The van der Waals surface area contributed by atoms with Crippen LogP contribution < -0.4 is 5.73 Å². The fourth-order valence-corrected chi connectivity index (χ4v) is 2.26. The van der Waals surface area contributed by atoms with Crippen molar-refractivity contribution in [1.29, 1.82) is 0 Å². The number of carbonyl (C=O) groups is 1. The first-order valence-electron chi connectivity index (χ1n) is 6.51. The Balaban J connectivity index is 1.88. The van der Waals surface area contributed by atoms with E-state index in [9.17, 15) is 4.79 Å². The van der Waals surface area contributed by atoms with Gasteiger partial charge in [-0.3, -0.25) is 4.79 Å². The van der Waals surface area contributed by atoms with Gasteiger partial charge in [-0.2, -0.15) is 4.68 Å². The molecule has 0 bridgehead atoms. The van der Waals surface area contributed by atoms with Gasteiger partial charge in [0.15, 0.2) is 11.5 Å². The minimum Gasteiger partial charge on any atom is -0.382 e. The second-order valence-electron chi connectivity index (χ2n) is 4.62. The zero-order chi connectivity index (χ0) is 14.8. The summed E-state index contributed by atoms with van der Waals surface area (Å²) >= 11 is 5.85. The highest BCUT2D eigenvalue weighted by atomic mass is 35.5. The molecule has 1 fully saturated rings. The number of benzene rings is 1. The number of nitrogens with zero attached hydrogens (tertiary/aromatic N) is 4. The number of hydrogen-bond acceptors (Lipinski definition) is 5. The van der Waals surface area contributed by atoms with Gasteiger partial charge in [-0.05, 0) is 24.3 Å². The molecular weight excluding hydrogens is 294 g/mol. The van der Waals surface area contributed by atoms with Crippen molar-refractivity contribution >= 4 is 23.3 Å². The van der Waals surface area contributed by atoms with Crippen LogP contribution in [0.4, 0.5) is 5.82 Å². The molecule has 2 aromatic rings. The van der Waals surface area contributed by atoms with Gasteiger partial charge in [0, 0.05) is 18.1 Å². The van der Waals surface area contributed by atoms with E-state index >= 15 is 0 Å². The maximum absolute atomic E-state index is 12.4. The van der Waals surface area contributed by atoms with Gasteiger partial charge in [-0.15, -0.1) is 5.10 Å². The van der Waals surface area contributed by atoms with Crippen molar-refractivity contribution in [3.8, 4) is 5.69 Å². The molecule has 21 heavy (non-hydrogen) atoms. The number of ether oxygens (including phenoxy) is 1. The number of aromatic nitrogens is 3. The molecular formula is C13H14ClN5O2. The van der Waals surface area contributed by atoms with E-state index in [-0.39, 0.29) is 17.4 Å². The summed E-state index contributed by atoms with van der Waals surface area (Å²) in [5, 5.41) is 8.48. The summed E-state index contributed by atoms with van der Waals surface area (Å²) in [5.41, 5.74) is 6.87. The predicted molar refractivity (Wildman–Crippen MR) is 77.5 cm³/mol. The molecule has 0 unspecified atom stereocenters. The summed E-state index contributed by atoms with van der Waals surface area (Å²) in [4.78, 5) is 14.0. The zero-order valence-electron chi connectivity index (χ0n) is 11.2. The molecule has 0 saturated carbocycles. The highest BCUT2D eigenvalue weighted by molar-refractivity contribution is 6.30. The number of anilines is 1. The van der Waals surface area contributed by atoms with Gasteiger partial charge in [0.1, 0.15) is 0 Å². The monoisotopic (exact) mass is 307 g/mol. The summed E-state index contributed by atoms with van der Waals surface area (Å²) in [6.45, 7) is 2.12. The predicted octanol–water partition coefficient (Wildman–Crippen LogP) is 0.975. The van der Waals surface area contributed by atoms with Gasteiger partial charge >= 0.3 is 0 Å². The lowest BCUT2D eigenvalue weighted by Gasteiger charge is -2.26. The number of halogens is 1. The van der Waals surface area contributed by atoms with Crippen LogP contribution in [0.2, 0.25) is 5.02 Å². The minimum absolute atomic E-state index is 0.159. The summed E-state index contributed by atoms with van der Waals surface area (Å²) in [6, 6.07) is 6.97. The van der Waals surface area contributed by atoms with Crippen molar-refractivity contribution in [2.24, 2.45) is 0 Å². The fourth-order valence-electron chi connectivity index (χ4n) is 2.13. The Bertz CT molecular complexity index is 649. The molecule has 110 valence electrons. The first kappa shape index (κ1) is 13.8. The highest BCUT2D eigenvalue weighted by Gasteiger charge is 2.25. The molecule has 1 aliphatic rings. The molecule has 3 rings (SSSR count). The Kier molecular flexibility index (Phi) is 3.76. The van der Waals surface area contributed by atoms with Crippen molar-refractivity contribution in [3.05, 3.63) is 35.0 Å². The Hall–Kier alpha value is -2.12. The van der Waals surface area contributed by atoms with E-state index in [4.69, 9.17) is 22.1 Å². The summed E-state index contributed by atoms with van der Waals surface area (Å²) in [5.74, 6) is -0.00942. The van der Waals surface area contributed by atoms with E-state index in [0.717, 1.165) is 0 Å². The van der Waals surface area contributed by atoms with Crippen LogP contribution in [0.1, 0.15) is 10.5 Å². The maximum Gasteiger partial charge on any atom is 0.278 e. The average molecular weight is 308 g/mol. The second kappa shape index (κ2) is 5.71. The largest absolute Gasteiger partial charge is 0.382 e. The third-order valence-corrected chi connectivity index (χ3v) is 3.53. The van der Waals surface area contributed by atoms with Crippen LogP contribution in [0, 0.1) is 0 Å². The van der Waals surface area contributed by atoms with Gasteiger partial charge < -0.3 is 15.4 Å². The lowest BCUT2D eigenvalue weighted by Crippen LogP contribution is -2.41. The SMILES string of the molecule is Nc1c(C(=O)N2CCOCC2)nnn1-c1ccc(Cl)cc1. The number of rotatable bonds is 2. The third kappa shape index (κ3) is 2.70. The maximum atomic E-state index is 12.4. The van der Waals surface area contributed by atoms with Gasteiger partial charge in [0.25, 0.3) is 5.91 Å². The average Bonchev–Trinajstić information content (AvgIpc) is 2.90. The van der Waals surface area contributed by atoms with E-state index in [0.29, 0.717) is 37.0 Å². The number of hydrogen-bond donors (Lipinski definition) is 1. The number of carbonyl (C=O) groups excluding carboxylic acids is 1. The normalized spacial score (nSPS) is 15.2. The summed E-state index contributed by atoms with van der Waals surface area (Å²) in [6.07, 6.45) is 0. The van der Waals surface area contributed by atoms with Crippen molar-refractivity contribution in [1.82, 2.24) is 19.9 Å². The van der Waals surface area contributed by atoms with Crippen LogP contribution in [0.3, 0.4) is 0 Å². The fraction of sp³-hybridized carbons (Fsp3) is 0.308.